The molecule has 0 saturated carbocycles. The van der Waals surface area contributed by atoms with Crippen LogP contribution in [0.3, 0.4) is 0 Å². The summed E-state index contributed by atoms with van der Waals surface area (Å²) in [5.74, 6) is 0.315. The monoisotopic (exact) mass is 351 g/mol. The van der Waals surface area contributed by atoms with Crippen LogP contribution in [-0.4, -0.2) is 22.5 Å². The molecule has 1 aliphatic carbocycles. The highest BCUT2D eigenvalue weighted by Crippen LogP contribution is 2.39. The Bertz CT molecular complexity index is 799. The lowest BCUT2D eigenvalue weighted by molar-refractivity contribution is 0.159. The van der Waals surface area contributed by atoms with Gasteiger partial charge in [-0.1, -0.05) is 63.6 Å². The number of phenols is 1. The molecule has 1 unspecified atom stereocenters. The van der Waals surface area contributed by atoms with Crippen molar-refractivity contribution in [1.82, 2.24) is 0 Å². The van der Waals surface area contributed by atoms with Gasteiger partial charge in [-0.05, 0) is 35.4 Å². The van der Waals surface area contributed by atoms with Crippen LogP contribution in [0.4, 0.5) is 0 Å². The number of aromatic hydroxyl groups is 1. The van der Waals surface area contributed by atoms with Crippen molar-refractivity contribution in [3.05, 3.63) is 64.7 Å². The predicted octanol–water partition coefficient (Wildman–Crippen LogP) is 4.94. The molecule has 3 nitrogen and oxygen atoms in total. The summed E-state index contributed by atoms with van der Waals surface area (Å²) >= 11 is 0. The molecule has 3 heteroatoms. The van der Waals surface area contributed by atoms with Crippen molar-refractivity contribution < 1.29 is 10.2 Å². The molecule has 0 aliphatic heterocycles. The third-order valence-corrected chi connectivity index (χ3v) is 5.84. The molecule has 3 rings (SSSR count). The first-order valence-corrected chi connectivity index (χ1v) is 9.61. The SMILES string of the molecule is CCCC(C)(CC)c1cccc(C=N[C@@H]2c3ccccc3C[C@@H]2O)c1O. The molecular formula is C23H29NO2. The average molecular weight is 351 g/mol. The van der Waals surface area contributed by atoms with Crippen molar-refractivity contribution in [2.24, 2.45) is 4.99 Å². The molecule has 26 heavy (non-hydrogen) atoms. The van der Waals surface area contributed by atoms with Crippen LogP contribution in [0, 0.1) is 0 Å². The van der Waals surface area contributed by atoms with Crippen molar-refractivity contribution in [3.63, 3.8) is 0 Å². The van der Waals surface area contributed by atoms with Gasteiger partial charge in [-0.3, -0.25) is 4.99 Å². The van der Waals surface area contributed by atoms with E-state index in [4.69, 9.17) is 0 Å². The maximum absolute atomic E-state index is 10.9. The fourth-order valence-electron chi connectivity index (χ4n) is 4.10. The number of aliphatic hydroxyl groups is 1. The van der Waals surface area contributed by atoms with E-state index in [0.717, 1.165) is 41.5 Å². The predicted molar refractivity (Wildman–Crippen MR) is 107 cm³/mol. The van der Waals surface area contributed by atoms with E-state index in [1.807, 2.05) is 42.5 Å². The van der Waals surface area contributed by atoms with Crippen LogP contribution >= 0.6 is 0 Å². The van der Waals surface area contributed by atoms with E-state index in [0.29, 0.717) is 12.2 Å². The second-order valence-electron chi connectivity index (χ2n) is 7.60. The minimum Gasteiger partial charge on any atom is -0.507 e. The Morgan fingerprint density at radius 2 is 1.92 bits per heavy atom. The zero-order chi connectivity index (χ0) is 18.7. The van der Waals surface area contributed by atoms with Crippen molar-refractivity contribution >= 4 is 6.21 Å². The molecule has 0 bridgehead atoms. The van der Waals surface area contributed by atoms with Gasteiger partial charge in [0.1, 0.15) is 11.8 Å². The van der Waals surface area contributed by atoms with Gasteiger partial charge in [0.25, 0.3) is 0 Å². The van der Waals surface area contributed by atoms with E-state index < -0.39 is 6.10 Å². The van der Waals surface area contributed by atoms with E-state index >= 15 is 0 Å². The summed E-state index contributed by atoms with van der Waals surface area (Å²) in [7, 11) is 0. The van der Waals surface area contributed by atoms with Crippen molar-refractivity contribution in [2.75, 3.05) is 0 Å². The average Bonchev–Trinajstić information content (AvgIpc) is 2.96. The maximum Gasteiger partial charge on any atom is 0.128 e. The van der Waals surface area contributed by atoms with Gasteiger partial charge in [-0.2, -0.15) is 0 Å². The number of hydrogen-bond acceptors (Lipinski definition) is 3. The van der Waals surface area contributed by atoms with E-state index in [1.165, 1.54) is 0 Å². The Kier molecular flexibility index (Phi) is 5.47. The van der Waals surface area contributed by atoms with Crippen LogP contribution in [0.1, 0.15) is 68.3 Å². The molecule has 0 radical (unpaired) electrons. The molecule has 2 aromatic rings. The number of hydrogen-bond donors (Lipinski definition) is 2. The van der Waals surface area contributed by atoms with Gasteiger partial charge in [0.2, 0.25) is 0 Å². The molecule has 0 heterocycles. The van der Waals surface area contributed by atoms with Crippen LogP contribution in [0.25, 0.3) is 0 Å². The Labute approximate surface area is 156 Å². The van der Waals surface area contributed by atoms with Crippen LogP contribution in [0.15, 0.2) is 47.5 Å². The Morgan fingerprint density at radius 3 is 2.65 bits per heavy atom. The van der Waals surface area contributed by atoms with E-state index in [-0.39, 0.29) is 11.5 Å². The first-order valence-electron chi connectivity index (χ1n) is 9.61. The summed E-state index contributed by atoms with van der Waals surface area (Å²) in [6, 6.07) is 13.7. The standard InChI is InChI=1S/C23H29NO2/c1-4-13-23(3,5-2)19-12-8-10-17(22(19)26)15-24-21-18-11-7-6-9-16(18)14-20(21)25/h6-12,15,20-21,25-26H,4-5,13-14H2,1-3H3/t20-,21+,23?/m0/s1. The quantitative estimate of drug-likeness (QED) is 0.725. The maximum atomic E-state index is 10.9. The molecule has 138 valence electrons. The molecule has 0 fully saturated rings. The van der Waals surface area contributed by atoms with Gasteiger partial charge < -0.3 is 10.2 Å². The molecule has 0 saturated heterocycles. The molecule has 3 atom stereocenters. The molecular weight excluding hydrogens is 322 g/mol. The Morgan fingerprint density at radius 1 is 1.15 bits per heavy atom. The normalized spacial score (nSPS) is 21.7. The highest BCUT2D eigenvalue weighted by molar-refractivity contribution is 5.84. The van der Waals surface area contributed by atoms with Gasteiger partial charge in [-0.25, -0.2) is 0 Å². The fraction of sp³-hybridized carbons (Fsp3) is 0.435. The minimum absolute atomic E-state index is 0.0395. The third-order valence-electron chi connectivity index (χ3n) is 5.84. The molecule has 0 aromatic heterocycles. The largest absolute Gasteiger partial charge is 0.507 e. The summed E-state index contributed by atoms with van der Waals surface area (Å²) in [5.41, 5.74) is 3.90. The second kappa shape index (κ2) is 7.63. The van der Waals surface area contributed by atoms with E-state index in [1.54, 1.807) is 6.21 Å². The Hall–Kier alpha value is -2.13. The summed E-state index contributed by atoms with van der Waals surface area (Å²) < 4.78 is 0. The highest BCUT2D eigenvalue weighted by Gasteiger charge is 2.30. The lowest BCUT2D eigenvalue weighted by atomic mass is 9.75. The first-order chi connectivity index (χ1) is 12.5. The molecule has 1 aliphatic rings. The second-order valence-corrected chi connectivity index (χ2v) is 7.60. The Balaban J connectivity index is 1.92. The smallest absolute Gasteiger partial charge is 0.128 e. The zero-order valence-corrected chi connectivity index (χ0v) is 15.9. The lowest BCUT2D eigenvalue weighted by Crippen LogP contribution is -2.21. The minimum atomic E-state index is -0.505. The summed E-state index contributed by atoms with van der Waals surface area (Å²) in [6.07, 6.45) is 4.93. The number of benzene rings is 2. The van der Waals surface area contributed by atoms with Gasteiger partial charge in [-0.15, -0.1) is 0 Å². The van der Waals surface area contributed by atoms with Gasteiger partial charge in [0.05, 0.1) is 6.10 Å². The van der Waals surface area contributed by atoms with Crippen LogP contribution < -0.4 is 0 Å². The van der Waals surface area contributed by atoms with Gasteiger partial charge in [0, 0.05) is 23.8 Å². The summed E-state index contributed by atoms with van der Waals surface area (Å²) in [5, 5.41) is 21.2. The molecule has 2 N–H and O–H groups in total. The van der Waals surface area contributed by atoms with E-state index in [2.05, 4.69) is 25.8 Å². The van der Waals surface area contributed by atoms with Crippen LogP contribution in [0.2, 0.25) is 0 Å². The topological polar surface area (TPSA) is 52.8 Å². The fourth-order valence-corrected chi connectivity index (χ4v) is 4.10. The lowest BCUT2D eigenvalue weighted by Gasteiger charge is -2.29. The highest BCUT2D eigenvalue weighted by atomic mass is 16.3. The van der Waals surface area contributed by atoms with Crippen molar-refractivity contribution in [1.29, 1.82) is 0 Å². The number of rotatable bonds is 6. The number of phenolic OH excluding ortho intramolecular Hbond substituents is 1. The number of para-hydroxylation sites is 1. The van der Waals surface area contributed by atoms with Crippen LogP contribution in [0.5, 0.6) is 5.75 Å². The van der Waals surface area contributed by atoms with Crippen molar-refractivity contribution in [3.8, 4) is 5.75 Å². The summed E-state index contributed by atoms with van der Waals surface area (Å²) in [6.45, 7) is 6.56. The number of nitrogens with zero attached hydrogens (tertiary/aromatic N) is 1. The zero-order valence-electron chi connectivity index (χ0n) is 15.9. The number of fused-ring (bicyclic) bond motifs is 1. The number of aliphatic imine (C=N–C) groups is 1. The van der Waals surface area contributed by atoms with Crippen molar-refractivity contribution in [2.45, 2.75) is 64.0 Å². The number of aliphatic hydroxyl groups excluding tert-OH is 1. The summed E-state index contributed by atoms with van der Waals surface area (Å²) in [4.78, 5) is 4.64. The third kappa shape index (κ3) is 3.41. The first kappa shape index (κ1) is 18.7. The molecule has 0 amide bonds. The van der Waals surface area contributed by atoms with Crippen LogP contribution in [-0.2, 0) is 11.8 Å². The van der Waals surface area contributed by atoms with Gasteiger partial charge >= 0.3 is 0 Å². The van der Waals surface area contributed by atoms with Gasteiger partial charge in [0.15, 0.2) is 0 Å². The van der Waals surface area contributed by atoms with E-state index in [9.17, 15) is 10.2 Å². The molecule has 0 spiro atoms. The molecule has 2 aromatic carbocycles.